The van der Waals surface area contributed by atoms with Crippen molar-refractivity contribution < 1.29 is 18.0 Å². The Morgan fingerprint density at radius 1 is 1.38 bits per heavy atom. The first-order valence-electron chi connectivity index (χ1n) is 5.95. The molecule has 0 unspecified atom stereocenters. The number of halogens is 3. The first-order valence-corrected chi connectivity index (χ1v) is 5.95. The summed E-state index contributed by atoms with van der Waals surface area (Å²) in [5, 5.41) is 6.20. The molecule has 0 aliphatic carbocycles. The molecule has 1 heterocycles. The van der Waals surface area contributed by atoms with Crippen molar-refractivity contribution in [2.75, 3.05) is 11.1 Å². The van der Waals surface area contributed by atoms with Crippen molar-refractivity contribution in [1.82, 2.24) is 14.8 Å². The third-order valence-corrected chi connectivity index (χ3v) is 2.68. The van der Waals surface area contributed by atoms with Gasteiger partial charge in [0.25, 0.3) is 0 Å². The fourth-order valence-corrected chi connectivity index (χ4v) is 1.67. The van der Waals surface area contributed by atoms with Crippen LogP contribution in [0.5, 0.6) is 0 Å². The molecular weight excluding hydrogens is 287 g/mol. The van der Waals surface area contributed by atoms with Crippen LogP contribution in [0.4, 0.5) is 24.5 Å². The molecule has 9 heteroatoms. The SMILES string of the molecule is Nc1ccc(NC(=O)CCn2cncn2)cc1C(F)(F)F. The van der Waals surface area contributed by atoms with Gasteiger partial charge in [-0.3, -0.25) is 9.48 Å². The smallest absolute Gasteiger partial charge is 0.398 e. The highest BCUT2D eigenvalue weighted by molar-refractivity contribution is 5.91. The summed E-state index contributed by atoms with van der Waals surface area (Å²) in [6.07, 6.45) is -1.73. The molecule has 2 aromatic rings. The molecule has 0 fully saturated rings. The van der Waals surface area contributed by atoms with Crippen LogP contribution in [-0.4, -0.2) is 20.7 Å². The van der Waals surface area contributed by atoms with E-state index in [4.69, 9.17) is 5.73 Å². The maximum absolute atomic E-state index is 12.7. The van der Waals surface area contributed by atoms with Crippen molar-refractivity contribution in [3.05, 3.63) is 36.4 Å². The summed E-state index contributed by atoms with van der Waals surface area (Å²) >= 11 is 0. The quantitative estimate of drug-likeness (QED) is 0.844. The zero-order valence-electron chi connectivity index (χ0n) is 10.8. The van der Waals surface area contributed by atoms with Crippen molar-refractivity contribution in [2.45, 2.75) is 19.1 Å². The lowest BCUT2D eigenvalue weighted by molar-refractivity contribution is -0.136. The lowest BCUT2D eigenvalue weighted by Crippen LogP contribution is -2.16. The maximum atomic E-state index is 12.7. The Morgan fingerprint density at radius 2 is 2.14 bits per heavy atom. The van der Waals surface area contributed by atoms with Crippen LogP contribution in [0.2, 0.25) is 0 Å². The maximum Gasteiger partial charge on any atom is 0.418 e. The topological polar surface area (TPSA) is 85.8 Å². The predicted molar refractivity (Wildman–Crippen MR) is 69.1 cm³/mol. The number of aromatic nitrogens is 3. The van der Waals surface area contributed by atoms with E-state index in [0.717, 1.165) is 12.1 Å². The Kier molecular flexibility index (Phi) is 4.10. The lowest BCUT2D eigenvalue weighted by Gasteiger charge is -2.12. The van der Waals surface area contributed by atoms with E-state index in [1.807, 2.05) is 0 Å². The van der Waals surface area contributed by atoms with Crippen molar-refractivity contribution in [2.24, 2.45) is 0 Å². The molecule has 2 rings (SSSR count). The summed E-state index contributed by atoms with van der Waals surface area (Å²) in [5.41, 5.74) is 3.96. The summed E-state index contributed by atoms with van der Waals surface area (Å²) in [6, 6.07) is 3.23. The van der Waals surface area contributed by atoms with Crippen LogP contribution >= 0.6 is 0 Å². The summed E-state index contributed by atoms with van der Waals surface area (Å²) in [7, 11) is 0. The van der Waals surface area contributed by atoms with Gasteiger partial charge in [-0.25, -0.2) is 4.98 Å². The average molecular weight is 299 g/mol. The normalized spacial score (nSPS) is 11.4. The molecule has 6 nitrogen and oxygen atoms in total. The summed E-state index contributed by atoms with van der Waals surface area (Å²) in [4.78, 5) is 15.4. The Hall–Kier alpha value is -2.58. The zero-order valence-corrected chi connectivity index (χ0v) is 10.8. The number of aryl methyl sites for hydroxylation is 1. The highest BCUT2D eigenvalue weighted by atomic mass is 19.4. The number of hydrogen-bond acceptors (Lipinski definition) is 4. The minimum Gasteiger partial charge on any atom is -0.398 e. The van der Waals surface area contributed by atoms with Gasteiger partial charge < -0.3 is 11.1 Å². The number of nitrogens with one attached hydrogen (secondary N) is 1. The van der Waals surface area contributed by atoms with Crippen LogP contribution in [0.25, 0.3) is 0 Å². The molecule has 0 saturated carbocycles. The largest absolute Gasteiger partial charge is 0.418 e. The minimum absolute atomic E-state index is 0.0418. The number of anilines is 2. The van der Waals surface area contributed by atoms with Crippen LogP contribution in [0.3, 0.4) is 0 Å². The molecule has 1 aromatic heterocycles. The van der Waals surface area contributed by atoms with E-state index in [-0.39, 0.29) is 24.3 Å². The van der Waals surface area contributed by atoms with Crippen molar-refractivity contribution in [1.29, 1.82) is 0 Å². The van der Waals surface area contributed by atoms with Crippen LogP contribution in [0.15, 0.2) is 30.9 Å². The molecule has 0 spiro atoms. The minimum atomic E-state index is -4.56. The molecule has 3 N–H and O–H groups in total. The second-order valence-electron chi connectivity index (χ2n) is 4.26. The van der Waals surface area contributed by atoms with Gasteiger partial charge in [0.05, 0.1) is 12.1 Å². The van der Waals surface area contributed by atoms with E-state index >= 15 is 0 Å². The third kappa shape index (κ3) is 3.94. The fourth-order valence-electron chi connectivity index (χ4n) is 1.67. The average Bonchev–Trinajstić information content (AvgIpc) is 2.90. The molecule has 0 aliphatic rings. The molecule has 1 aromatic carbocycles. The van der Waals surface area contributed by atoms with Gasteiger partial charge in [-0.1, -0.05) is 0 Å². The van der Waals surface area contributed by atoms with E-state index in [2.05, 4.69) is 15.4 Å². The molecular formula is C12H12F3N5O. The number of carbonyl (C=O) groups excluding carboxylic acids is 1. The van der Waals surface area contributed by atoms with E-state index < -0.39 is 17.6 Å². The summed E-state index contributed by atoms with van der Waals surface area (Å²) < 4.78 is 39.5. The molecule has 21 heavy (non-hydrogen) atoms. The van der Waals surface area contributed by atoms with Crippen LogP contribution in [0.1, 0.15) is 12.0 Å². The Bertz CT molecular complexity index is 624. The first kappa shape index (κ1) is 14.8. The van der Waals surface area contributed by atoms with Gasteiger partial charge in [-0.05, 0) is 18.2 Å². The van der Waals surface area contributed by atoms with E-state index in [1.165, 1.54) is 23.4 Å². The molecule has 0 atom stereocenters. The number of benzene rings is 1. The highest BCUT2D eigenvalue weighted by Crippen LogP contribution is 2.35. The fraction of sp³-hybridized carbons (Fsp3) is 0.250. The molecule has 1 amide bonds. The van der Waals surface area contributed by atoms with Gasteiger partial charge in [0.15, 0.2) is 0 Å². The number of nitrogens with zero attached hydrogens (tertiary/aromatic N) is 3. The van der Waals surface area contributed by atoms with Gasteiger partial charge in [-0.2, -0.15) is 18.3 Å². The summed E-state index contributed by atoms with van der Waals surface area (Å²) in [5.74, 6) is -0.427. The molecule has 112 valence electrons. The molecule has 0 radical (unpaired) electrons. The van der Waals surface area contributed by atoms with Crippen molar-refractivity contribution in [3.8, 4) is 0 Å². The van der Waals surface area contributed by atoms with E-state index in [0.29, 0.717) is 0 Å². The number of nitrogens with two attached hydrogens (primary N) is 1. The summed E-state index contributed by atoms with van der Waals surface area (Å²) in [6.45, 7) is 0.285. The predicted octanol–water partition coefficient (Wildman–Crippen LogP) is 1.91. The highest BCUT2D eigenvalue weighted by Gasteiger charge is 2.33. The number of nitrogen functional groups attached to an aromatic ring is 1. The molecule has 0 saturated heterocycles. The monoisotopic (exact) mass is 299 g/mol. The number of carbonyl (C=O) groups is 1. The second-order valence-corrected chi connectivity index (χ2v) is 4.26. The van der Waals surface area contributed by atoms with Gasteiger partial charge in [0.1, 0.15) is 12.7 Å². The number of amides is 1. The van der Waals surface area contributed by atoms with Crippen LogP contribution in [0, 0.1) is 0 Å². The first-order chi connectivity index (χ1) is 9.86. The third-order valence-electron chi connectivity index (χ3n) is 2.68. The number of hydrogen-bond donors (Lipinski definition) is 2. The van der Waals surface area contributed by atoms with E-state index in [9.17, 15) is 18.0 Å². The van der Waals surface area contributed by atoms with E-state index in [1.54, 1.807) is 0 Å². The lowest BCUT2D eigenvalue weighted by atomic mass is 10.1. The number of alkyl halides is 3. The molecule has 0 aliphatic heterocycles. The Balaban J connectivity index is 2.01. The van der Waals surface area contributed by atoms with Gasteiger partial charge >= 0.3 is 6.18 Å². The van der Waals surface area contributed by atoms with Crippen molar-refractivity contribution >= 4 is 17.3 Å². The number of rotatable bonds is 4. The second kappa shape index (κ2) is 5.81. The zero-order chi connectivity index (χ0) is 15.5. The van der Waals surface area contributed by atoms with Crippen LogP contribution < -0.4 is 11.1 Å². The van der Waals surface area contributed by atoms with Gasteiger partial charge in [0, 0.05) is 17.8 Å². The molecule has 0 bridgehead atoms. The van der Waals surface area contributed by atoms with Crippen LogP contribution in [-0.2, 0) is 17.5 Å². The van der Waals surface area contributed by atoms with Gasteiger partial charge in [-0.15, -0.1) is 0 Å². The Labute approximate surface area is 117 Å². The Morgan fingerprint density at radius 3 is 2.76 bits per heavy atom. The van der Waals surface area contributed by atoms with Crippen molar-refractivity contribution in [3.63, 3.8) is 0 Å². The standard InChI is InChI=1S/C12H12F3N5O/c13-12(14,15)9-5-8(1-2-10(9)16)19-11(21)3-4-20-7-17-6-18-20/h1-2,5-7H,3-4,16H2,(H,19,21). The van der Waals surface area contributed by atoms with Gasteiger partial charge in [0.2, 0.25) is 5.91 Å².